The standard InChI is InChI=1S/C14H20N2O4/c1-20-10-14(19)6-3-8-16(9-7-14)12-5-2-4-11(15-12)13(17)18/h2,4-5,19H,3,6-10H2,1H3,(H,17,18). The minimum Gasteiger partial charge on any atom is -0.477 e. The number of aromatic nitrogens is 1. The van der Waals surface area contributed by atoms with E-state index in [2.05, 4.69) is 4.98 Å². The summed E-state index contributed by atoms with van der Waals surface area (Å²) in [7, 11) is 1.58. The van der Waals surface area contributed by atoms with Crippen LogP contribution >= 0.6 is 0 Å². The molecule has 1 aliphatic rings. The molecule has 0 spiro atoms. The first-order valence-corrected chi connectivity index (χ1v) is 6.71. The van der Waals surface area contributed by atoms with Gasteiger partial charge in [0.1, 0.15) is 5.82 Å². The monoisotopic (exact) mass is 280 g/mol. The average molecular weight is 280 g/mol. The van der Waals surface area contributed by atoms with Gasteiger partial charge in [-0.25, -0.2) is 9.78 Å². The summed E-state index contributed by atoms with van der Waals surface area (Å²) >= 11 is 0. The zero-order chi connectivity index (χ0) is 14.6. The van der Waals surface area contributed by atoms with Crippen molar-refractivity contribution in [3.63, 3.8) is 0 Å². The van der Waals surface area contributed by atoms with E-state index >= 15 is 0 Å². The van der Waals surface area contributed by atoms with E-state index in [1.165, 1.54) is 6.07 Å². The van der Waals surface area contributed by atoms with Gasteiger partial charge in [-0.05, 0) is 31.4 Å². The summed E-state index contributed by atoms with van der Waals surface area (Å²) in [6.07, 6.45) is 2.08. The van der Waals surface area contributed by atoms with E-state index in [1.54, 1.807) is 19.2 Å². The minimum absolute atomic E-state index is 0.0406. The molecule has 0 aliphatic carbocycles. The van der Waals surface area contributed by atoms with E-state index in [0.29, 0.717) is 31.8 Å². The number of carboxylic acids is 1. The van der Waals surface area contributed by atoms with Crippen molar-refractivity contribution in [2.24, 2.45) is 0 Å². The molecule has 2 N–H and O–H groups in total. The van der Waals surface area contributed by atoms with Crippen molar-refractivity contribution < 1.29 is 19.7 Å². The molecule has 1 aromatic heterocycles. The van der Waals surface area contributed by atoms with Gasteiger partial charge in [0.25, 0.3) is 0 Å². The number of hydrogen-bond acceptors (Lipinski definition) is 5. The summed E-state index contributed by atoms with van der Waals surface area (Å²) < 4.78 is 5.07. The maximum atomic E-state index is 11.0. The van der Waals surface area contributed by atoms with Crippen LogP contribution < -0.4 is 4.90 Å². The Kier molecular flexibility index (Phi) is 4.57. The molecular weight excluding hydrogens is 260 g/mol. The Morgan fingerprint density at radius 2 is 2.25 bits per heavy atom. The van der Waals surface area contributed by atoms with E-state index in [0.717, 1.165) is 13.0 Å². The van der Waals surface area contributed by atoms with E-state index < -0.39 is 11.6 Å². The van der Waals surface area contributed by atoms with Gasteiger partial charge in [0.15, 0.2) is 5.69 Å². The fourth-order valence-corrected chi connectivity index (χ4v) is 2.54. The second-order valence-corrected chi connectivity index (χ2v) is 5.18. The number of aromatic carboxylic acids is 1. The fourth-order valence-electron chi connectivity index (χ4n) is 2.54. The third-order valence-corrected chi connectivity index (χ3v) is 3.61. The number of hydrogen-bond donors (Lipinski definition) is 2. The van der Waals surface area contributed by atoms with Gasteiger partial charge in [-0.15, -0.1) is 0 Å². The van der Waals surface area contributed by atoms with Crippen LogP contribution in [0.3, 0.4) is 0 Å². The number of carboxylic acid groups (broad SMARTS) is 1. The Hall–Kier alpha value is -1.66. The molecule has 0 bridgehead atoms. The molecule has 110 valence electrons. The Bertz CT molecular complexity index is 480. The normalized spacial score (nSPS) is 23.4. The lowest BCUT2D eigenvalue weighted by Gasteiger charge is -2.26. The van der Waals surface area contributed by atoms with Crippen LogP contribution in [0.2, 0.25) is 0 Å². The Morgan fingerprint density at radius 3 is 2.95 bits per heavy atom. The fraction of sp³-hybridized carbons (Fsp3) is 0.571. The largest absolute Gasteiger partial charge is 0.477 e. The number of carbonyl (C=O) groups is 1. The van der Waals surface area contributed by atoms with Gasteiger partial charge in [-0.1, -0.05) is 6.07 Å². The third kappa shape index (κ3) is 3.46. The molecule has 2 rings (SSSR count). The molecule has 0 amide bonds. The lowest BCUT2D eigenvalue weighted by molar-refractivity contribution is -0.0389. The number of rotatable bonds is 4. The van der Waals surface area contributed by atoms with Crippen LogP contribution in [-0.2, 0) is 4.74 Å². The van der Waals surface area contributed by atoms with Gasteiger partial charge >= 0.3 is 5.97 Å². The molecule has 1 aromatic rings. The Morgan fingerprint density at radius 1 is 1.45 bits per heavy atom. The number of ether oxygens (including phenoxy) is 1. The van der Waals surface area contributed by atoms with Gasteiger partial charge in [0.05, 0.1) is 12.2 Å². The number of nitrogens with zero attached hydrogens (tertiary/aromatic N) is 2. The average Bonchev–Trinajstić information content (AvgIpc) is 2.61. The molecule has 1 atom stereocenters. The third-order valence-electron chi connectivity index (χ3n) is 3.61. The second kappa shape index (κ2) is 6.19. The first kappa shape index (κ1) is 14.7. The molecule has 6 nitrogen and oxygen atoms in total. The van der Waals surface area contributed by atoms with Crippen LogP contribution in [0, 0.1) is 0 Å². The Labute approximate surface area is 118 Å². The summed E-state index contributed by atoms with van der Waals surface area (Å²) in [5, 5.41) is 19.4. The van der Waals surface area contributed by atoms with Crippen molar-refractivity contribution in [1.82, 2.24) is 4.98 Å². The number of methoxy groups -OCH3 is 1. The molecule has 1 aliphatic heterocycles. The lowest BCUT2D eigenvalue weighted by atomic mass is 9.96. The van der Waals surface area contributed by atoms with E-state index in [4.69, 9.17) is 9.84 Å². The first-order chi connectivity index (χ1) is 9.54. The van der Waals surface area contributed by atoms with Gasteiger partial charge < -0.3 is 19.8 Å². The second-order valence-electron chi connectivity index (χ2n) is 5.18. The van der Waals surface area contributed by atoms with E-state index in [9.17, 15) is 9.90 Å². The minimum atomic E-state index is -1.03. The van der Waals surface area contributed by atoms with Crippen LogP contribution in [0.4, 0.5) is 5.82 Å². The van der Waals surface area contributed by atoms with E-state index in [1.807, 2.05) is 4.90 Å². The maximum Gasteiger partial charge on any atom is 0.354 e. The number of aliphatic hydroxyl groups is 1. The highest BCUT2D eigenvalue weighted by Crippen LogP contribution is 2.25. The number of anilines is 1. The topological polar surface area (TPSA) is 82.9 Å². The van der Waals surface area contributed by atoms with Crippen LogP contribution in [-0.4, -0.2) is 53.6 Å². The maximum absolute atomic E-state index is 11.0. The van der Waals surface area contributed by atoms with Crippen LogP contribution in [0.15, 0.2) is 18.2 Å². The van der Waals surface area contributed by atoms with Gasteiger partial charge in [0, 0.05) is 20.2 Å². The highest BCUT2D eigenvalue weighted by molar-refractivity contribution is 5.85. The van der Waals surface area contributed by atoms with E-state index in [-0.39, 0.29) is 5.69 Å². The highest BCUT2D eigenvalue weighted by atomic mass is 16.5. The zero-order valence-electron chi connectivity index (χ0n) is 11.6. The van der Waals surface area contributed by atoms with Crippen LogP contribution in [0.25, 0.3) is 0 Å². The summed E-state index contributed by atoms with van der Waals surface area (Å²) in [6, 6.07) is 4.97. The predicted molar refractivity (Wildman–Crippen MR) is 74.1 cm³/mol. The molecule has 0 aromatic carbocycles. The smallest absolute Gasteiger partial charge is 0.354 e. The van der Waals surface area contributed by atoms with Gasteiger partial charge in [0.2, 0.25) is 0 Å². The molecule has 1 saturated heterocycles. The molecule has 0 saturated carbocycles. The molecule has 2 heterocycles. The van der Waals surface area contributed by atoms with Crippen molar-refractivity contribution >= 4 is 11.8 Å². The Balaban J connectivity index is 2.10. The van der Waals surface area contributed by atoms with Crippen molar-refractivity contribution in [3.05, 3.63) is 23.9 Å². The van der Waals surface area contributed by atoms with Crippen molar-refractivity contribution in [3.8, 4) is 0 Å². The SMILES string of the molecule is COCC1(O)CCCN(c2cccc(C(=O)O)n2)CC1. The van der Waals surface area contributed by atoms with Crippen molar-refractivity contribution in [1.29, 1.82) is 0 Å². The molecule has 6 heteroatoms. The van der Waals surface area contributed by atoms with Gasteiger partial charge in [-0.3, -0.25) is 0 Å². The lowest BCUT2D eigenvalue weighted by Crippen LogP contribution is -2.35. The van der Waals surface area contributed by atoms with Crippen molar-refractivity contribution in [2.75, 3.05) is 31.7 Å². The molecule has 1 fully saturated rings. The molecule has 0 radical (unpaired) electrons. The summed E-state index contributed by atoms with van der Waals surface area (Å²) in [6.45, 7) is 1.71. The summed E-state index contributed by atoms with van der Waals surface area (Å²) in [4.78, 5) is 17.1. The first-order valence-electron chi connectivity index (χ1n) is 6.71. The summed E-state index contributed by atoms with van der Waals surface area (Å²) in [5.74, 6) is -0.385. The predicted octanol–water partition coefficient (Wildman–Crippen LogP) is 1.15. The van der Waals surface area contributed by atoms with Crippen LogP contribution in [0.1, 0.15) is 29.8 Å². The van der Waals surface area contributed by atoms with Crippen molar-refractivity contribution in [2.45, 2.75) is 24.9 Å². The molecule has 20 heavy (non-hydrogen) atoms. The number of pyridine rings is 1. The van der Waals surface area contributed by atoms with Gasteiger partial charge in [-0.2, -0.15) is 0 Å². The summed E-state index contributed by atoms with van der Waals surface area (Å²) in [5.41, 5.74) is -0.757. The molecular formula is C14H20N2O4. The zero-order valence-corrected chi connectivity index (χ0v) is 11.6. The highest BCUT2D eigenvalue weighted by Gasteiger charge is 2.30. The van der Waals surface area contributed by atoms with Crippen LogP contribution in [0.5, 0.6) is 0 Å². The quantitative estimate of drug-likeness (QED) is 0.861. The molecule has 1 unspecified atom stereocenters.